The van der Waals surface area contributed by atoms with Crippen molar-refractivity contribution in [2.75, 3.05) is 51.0 Å². The molecular formula is C19H31N3O4S. The van der Waals surface area contributed by atoms with Crippen LogP contribution in [-0.4, -0.2) is 75.2 Å². The summed E-state index contributed by atoms with van der Waals surface area (Å²) in [5, 5.41) is 0. The van der Waals surface area contributed by atoms with Crippen LogP contribution in [0.3, 0.4) is 0 Å². The van der Waals surface area contributed by atoms with E-state index in [2.05, 4.69) is 4.90 Å². The minimum absolute atomic E-state index is 0.00687. The third-order valence-electron chi connectivity index (χ3n) is 4.74. The fourth-order valence-corrected chi connectivity index (χ4v) is 4.86. The number of rotatable bonds is 6. The van der Waals surface area contributed by atoms with E-state index in [0.717, 1.165) is 24.5 Å². The van der Waals surface area contributed by atoms with Gasteiger partial charge in [0.25, 0.3) is 0 Å². The van der Waals surface area contributed by atoms with Gasteiger partial charge in [0.1, 0.15) is 5.75 Å². The maximum absolute atomic E-state index is 12.6. The number of methoxy groups -OCH3 is 1. The van der Waals surface area contributed by atoms with Crippen molar-refractivity contribution in [1.29, 1.82) is 0 Å². The Kier molecular flexibility index (Phi) is 6.75. The molecule has 0 N–H and O–H groups in total. The Labute approximate surface area is 162 Å². The van der Waals surface area contributed by atoms with Gasteiger partial charge < -0.3 is 14.5 Å². The molecule has 1 saturated heterocycles. The van der Waals surface area contributed by atoms with Crippen molar-refractivity contribution >= 4 is 21.6 Å². The monoisotopic (exact) mass is 397 g/mol. The molecule has 0 atom stereocenters. The molecule has 1 aliphatic heterocycles. The molecule has 1 fully saturated rings. The molecule has 0 unspecified atom stereocenters. The van der Waals surface area contributed by atoms with Gasteiger partial charge >= 0.3 is 0 Å². The molecule has 0 radical (unpaired) electrons. The number of piperazine rings is 1. The van der Waals surface area contributed by atoms with Gasteiger partial charge in [-0.3, -0.25) is 4.79 Å². The first-order chi connectivity index (χ1) is 12.5. The zero-order chi connectivity index (χ0) is 20.2. The minimum Gasteiger partial charge on any atom is -0.495 e. The van der Waals surface area contributed by atoms with Crippen LogP contribution in [-0.2, 0) is 14.8 Å². The summed E-state index contributed by atoms with van der Waals surface area (Å²) >= 11 is 0. The second-order valence-corrected chi connectivity index (χ2v) is 9.70. The number of hydrogen-bond donors (Lipinski definition) is 0. The number of carbonyl (C=O) groups excluding carboxylic acids is 1. The molecule has 8 heteroatoms. The number of para-hydroxylation sites is 2. The Bertz CT molecular complexity index is 750. The van der Waals surface area contributed by atoms with Gasteiger partial charge in [-0.2, -0.15) is 4.31 Å². The Morgan fingerprint density at radius 2 is 1.74 bits per heavy atom. The van der Waals surface area contributed by atoms with Crippen LogP contribution in [0.15, 0.2) is 24.3 Å². The largest absolute Gasteiger partial charge is 0.495 e. The fraction of sp³-hybridized carbons (Fsp3) is 0.632. The predicted molar refractivity (Wildman–Crippen MR) is 108 cm³/mol. The van der Waals surface area contributed by atoms with Crippen molar-refractivity contribution in [2.45, 2.75) is 32.7 Å². The number of anilines is 1. The van der Waals surface area contributed by atoms with Crippen molar-refractivity contribution in [2.24, 2.45) is 0 Å². The van der Waals surface area contributed by atoms with Gasteiger partial charge in [-0.05, 0) is 32.9 Å². The number of hydrogen-bond acceptors (Lipinski definition) is 5. The summed E-state index contributed by atoms with van der Waals surface area (Å²) in [6.45, 7) is 8.40. The molecule has 2 rings (SSSR count). The Morgan fingerprint density at radius 1 is 1.15 bits per heavy atom. The molecule has 0 bridgehead atoms. The van der Waals surface area contributed by atoms with E-state index < -0.39 is 15.6 Å². The number of amides is 1. The molecule has 7 nitrogen and oxygen atoms in total. The first-order valence-electron chi connectivity index (χ1n) is 9.17. The topological polar surface area (TPSA) is 70.2 Å². The summed E-state index contributed by atoms with van der Waals surface area (Å²) in [6, 6.07) is 7.86. The van der Waals surface area contributed by atoms with Crippen LogP contribution < -0.4 is 9.64 Å². The molecule has 0 aliphatic carbocycles. The van der Waals surface area contributed by atoms with Gasteiger partial charge in [0, 0.05) is 44.7 Å². The number of benzene rings is 1. The third-order valence-corrected chi connectivity index (χ3v) is 6.27. The first kappa shape index (κ1) is 21.5. The third kappa shape index (κ3) is 5.59. The summed E-state index contributed by atoms with van der Waals surface area (Å²) in [6.07, 6.45) is 1.38. The zero-order valence-corrected chi connectivity index (χ0v) is 17.8. The summed E-state index contributed by atoms with van der Waals surface area (Å²) in [5.74, 6) is 0.818. The van der Waals surface area contributed by atoms with E-state index in [1.54, 1.807) is 7.11 Å². The molecule has 1 aromatic rings. The van der Waals surface area contributed by atoms with Crippen molar-refractivity contribution in [3.05, 3.63) is 24.3 Å². The maximum atomic E-state index is 12.6. The van der Waals surface area contributed by atoms with Gasteiger partial charge in [0.05, 0.1) is 19.1 Å². The molecular weight excluding hydrogens is 366 g/mol. The first-order valence-corrected chi connectivity index (χ1v) is 11.0. The lowest BCUT2D eigenvalue weighted by Gasteiger charge is -2.37. The second-order valence-electron chi connectivity index (χ2n) is 7.80. The molecule has 0 aromatic heterocycles. The summed E-state index contributed by atoms with van der Waals surface area (Å²) in [5.41, 5.74) is 0.485. The van der Waals surface area contributed by atoms with Crippen molar-refractivity contribution in [1.82, 2.24) is 9.21 Å². The number of nitrogens with zero attached hydrogens (tertiary/aromatic N) is 3. The molecule has 1 heterocycles. The van der Waals surface area contributed by atoms with E-state index in [-0.39, 0.29) is 18.9 Å². The van der Waals surface area contributed by atoms with Crippen LogP contribution in [0.1, 0.15) is 27.2 Å². The lowest BCUT2D eigenvalue weighted by molar-refractivity contribution is -0.131. The Morgan fingerprint density at radius 3 is 2.26 bits per heavy atom. The summed E-state index contributed by atoms with van der Waals surface area (Å²) < 4.78 is 30.8. The lowest BCUT2D eigenvalue weighted by atomic mass is 10.1. The molecule has 1 aliphatic rings. The maximum Gasteiger partial charge on any atom is 0.224 e. The average Bonchev–Trinajstić information content (AvgIpc) is 2.59. The number of sulfonamides is 1. The van der Waals surface area contributed by atoms with Gasteiger partial charge in [-0.1, -0.05) is 12.1 Å². The molecule has 152 valence electrons. The molecule has 0 saturated carbocycles. The SMILES string of the molecule is COc1ccccc1N1CCN(C(=O)CCN(C(C)(C)C)S(C)(=O)=O)CC1. The van der Waals surface area contributed by atoms with Gasteiger partial charge in [-0.25, -0.2) is 8.42 Å². The van der Waals surface area contributed by atoms with Crippen LogP contribution in [0.25, 0.3) is 0 Å². The fourth-order valence-electron chi connectivity index (χ4n) is 3.44. The van der Waals surface area contributed by atoms with Gasteiger partial charge in [0.15, 0.2) is 0 Å². The van der Waals surface area contributed by atoms with Crippen LogP contribution in [0.5, 0.6) is 5.75 Å². The quantitative estimate of drug-likeness (QED) is 0.732. The summed E-state index contributed by atoms with van der Waals surface area (Å²) in [4.78, 5) is 16.6. The van der Waals surface area contributed by atoms with Crippen LogP contribution in [0, 0.1) is 0 Å². The Balaban J connectivity index is 1.93. The number of carbonyl (C=O) groups is 1. The number of ether oxygens (including phenoxy) is 1. The van der Waals surface area contributed by atoms with Crippen molar-refractivity contribution < 1.29 is 17.9 Å². The van der Waals surface area contributed by atoms with E-state index in [1.807, 2.05) is 49.9 Å². The molecule has 27 heavy (non-hydrogen) atoms. The normalized spacial score (nSPS) is 15.9. The van der Waals surface area contributed by atoms with Crippen LogP contribution in [0.4, 0.5) is 5.69 Å². The highest BCUT2D eigenvalue weighted by Gasteiger charge is 2.31. The van der Waals surface area contributed by atoms with E-state index in [0.29, 0.717) is 13.1 Å². The molecule has 0 spiro atoms. The second kappa shape index (κ2) is 8.48. The van der Waals surface area contributed by atoms with E-state index in [1.165, 1.54) is 10.6 Å². The van der Waals surface area contributed by atoms with E-state index in [9.17, 15) is 13.2 Å². The minimum atomic E-state index is -3.36. The highest BCUT2D eigenvalue weighted by Crippen LogP contribution is 2.28. The van der Waals surface area contributed by atoms with Crippen LogP contribution >= 0.6 is 0 Å². The summed E-state index contributed by atoms with van der Waals surface area (Å²) in [7, 11) is -1.71. The van der Waals surface area contributed by atoms with Crippen molar-refractivity contribution in [3.63, 3.8) is 0 Å². The molecule has 1 amide bonds. The van der Waals surface area contributed by atoms with Crippen molar-refractivity contribution in [3.8, 4) is 5.75 Å². The zero-order valence-electron chi connectivity index (χ0n) is 16.9. The average molecular weight is 398 g/mol. The lowest BCUT2D eigenvalue weighted by Crippen LogP contribution is -2.50. The molecule has 1 aromatic carbocycles. The standard InChI is InChI=1S/C19H31N3O4S/c1-19(2,3)22(27(5,24)25)11-10-18(23)21-14-12-20(13-15-21)16-8-6-7-9-17(16)26-4/h6-9H,10-15H2,1-5H3. The van der Waals surface area contributed by atoms with Gasteiger partial charge in [0.2, 0.25) is 15.9 Å². The smallest absolute Gasteiger partial charge is 0.224 e. The van der Waals surface area contributed by atoms with Gasteiger partial charge in [-0.15, -0.1) is 0 Å². The Hall–Kier alpha value is -1.80. The predicted octanol–water partition coefficient (Wildman–Crippen LogP) is 1.79. The highest BCUT2D eigenvalue weighted by molar-refractivity contribution is 7.88. The van der Waals surface area contributed by atoms with Crippen LogP contribution in [0.2, 0.25) is 0 Å². The van der Waals surface area contributed by atoms with E-state index >= 15 is 0 Å². The highest BCUT2D eigenvalue weighted by atomic mass is 32.2. The van der Waals surface area contributed by atoms with E-state index in [4.69, 9.17) is 4.74 Å².